The molecule has 1 spiro atoms. The Labute approximate surface area is 103 Å². The van der Waals surface area contributed by atoms with Crippen molar-refractivity contribution in [3.8, 4) is 0 Å². The van der Waals surface area contributed by atoms with E-state index < -0.39 is 0 Å². The maximum Gasteiger partial charge on any atom is 0.230 e. The van der Waals surface area contributed by atoms with E-state index in [1.807, 2.05) is 0 Å². The highest BCUT2D eigenvalue weighted by molar-refractivity contribution is 5.99. The van der Waals surface area contributed by atoms with Gasteiger partial charge in [0.1, 0.15) is 0 Å². The Hall–Kier alpha value is -0.860. The van der Waals surface area contributed by atoms with Crippen LogP contribution in [0.1, 0.15) is 59.3 Å². The third-order valence-electron chi connectivity index (χ3n) is 4.84. The fourth-order valence-electron chi connectivity index (χ4n) is 3.56. The Balaban J connectivity index is 2.22. The van der Waals surface area contributed by atoms with Crippen molar-refractivity contribution in [2.24, 2.45) is 16.7 Å². The van der Waals surface area contributed by atoms with Gasteiger partial charge >= 0.3 is 0 Å². The van der Waals surface area contributed by atoms with E-state index in [1.54, 1.807) is 0 Å². The minimum atomic E-state index is -0.0700. The van der Waals surface area contributed by atoms with E-state index in [9.17, 15) is 9.59 Å². The zero-order valence-corrected chi connectivity index (χ0v) is 11.1. The predicted molar refractivity (Wildman–Crippen MR) is 66.2 cm³/mol. The van der Waals surface area contributed by atoms with Gasteiger partial charge in [-0.15, -0.1) is 0 Å². The number of amides is 2. The van der Waals surface area contributed by atoms with Gasteiger partial charge in [0.2, 0.25) is 11.8 Å². The van der Waals surface area contributed by atoms with Gasteiger partial charge in [-0.3, -0.25) is 14.9 Å². The van der Waals surface area contributed by atoms with Gasteiger partial charge in [-0.1, -0.05) is 20.8 Å². The minimum absolute atomic E-state index is 0.0380. The van der Waals surface area contributed by atoms with Gasteiger partial charge in [0.15, 0.2) is 0 Å². The van der Waals surface area contributed by atoms with Crippen LogP contribution in [0.3, 0.4) is 0 Å². The van der Waals surface area contributed by atoms with Gasteiger partial charge in [-0.05, 0) is 42.9 Å². The molecule has 0 aromatic heterocycles. The number of rotatable bonds is 1. The number of hydrogen-bond acceptors (Lipinski definition) is 2. The molecule has 0 bridgehead atoms. The van der Waals surface area contributed by atoms with Gasteiger partial charge in [-0.2, -0.15) is 0 Å². The summed E-state index contributed by atoms with van der Waals surface area (Å²) in [7, 11) is 0. The van der Waals surface area contributed by atoms with Gasteiger partial charge in [0, 0.05) is 12.3 Å². The van der Waals surface area contributed by atoms with Gasteiger partial charge in [-0.25, -0.2) is 0 Å². The zero-order chi connectivity index (χ0) is 12.7. The summed E-state index contributed by atoms with van der Waals surface area (Å²) in [5, 5.41) is 2.49. The second-order valence-corrected chi connectivity index (χ2v) is 6.58. The molecule has 1 saturated carbocycles. The van der Waals surface area contributed by atoms with Gasteiger partial charge < -0.3 is 0 Å². The first-order valence-corrected chi connectivity index (χ1v) is 6.72. The minimum Gasteiger partial charge on any atom is -0.296 e. The molecule has 2 aliphatic rings. The van der Waals surface area contributed by atoms with Crippen molar-refractivity contribution in [2.75, 3.05) is 0 Å². The molecule has 2 rings (SSSR count). The second-order valence-electron chi connectivity index (χ2n) is 6.58. The zero-order valence-electron chi connectivity index (χ0n) is 11.1. The number of carbonyl (C=O) groups is 2. The van der Waals surface area contributed by atoms with Crippen LogP contribution in [0.2, 0.25) is 0 Å². The number of hydrogen-bond donors (Lipinski definition) is 1. The quantitative estimate of drug-likeness (QED) is 0.713. The second kappa shape index (κ2) is 4.11. The molecular formula is C14H23NO2. The molecule has 1 unspecified atom stereocenters. The van der Waals surface area contributed by atoms with E-state index in [0.717, 1.165) is 32.1 Å². The first-order valence-electron chi connectivity index (χ1n) is 6.72. The number of piperidine rings is 1. The Kier molecular flexibility index (Phi) is 3.04. The summed E-state index contributed by atoms with van der Waals surface area (Å²) >= 11 is 0. The molecule has 1 aliphatic heterocycles. The molecule has 3 heteroatoms. The Morgan fingerprint density at radius 1 is 1.18 bits per heavy atom. The summed E-state index contributed by atoms with van der Waals surface area (Å²) < 4.78 is 0. The summed E-state index contributed by atoms with van der Waals surface area (Å²) in [4.78, 5) is 23.6. The van der Waals surface area contributed by atoms with Crippen LogP contribution in [0.25, 0.3) is 0 Å². The van der Waals surface area contributed by atoms with Crippen molar-refractivity contribution in [1.82, 2.24) is 5.32 Å². The van der Waals surface area contributed by atoms with Crippen molar-refractivity contribution >= 4 is 11.8 Å². The van der Waals surface area contributed by atoms with Gasteiger partial charge in [0.25, 0.3) is 0 Å². The molecule has 1 aliphatic carbocycles. The van der Waals surface area contributed by atoms with Crippen molar-refractivity contribution in [3.63, 3.8) is 0 Å². The van der Waals surface area contributed by atoms with Crippen molar-refractivity contribution in [3.05, 3.63) is 0 Å². The average molecular weight is 237 g/mol. The third kappa shape index (κ3) is 2.24. The van der Waals surface area contributed by atoms with Crippen LogP contribution in [-0.4, -0.2) is 11.8 Å². The molecule has 2 amide bonds. The lowest BCUT2D eigenvalue weighted by atomic mass is 9.57. The van der Waals surface area contributed by atoms with Crippen LogP contribution in [0, 0.1) is 16.7 Å². The monoisotopic (exact) mass is 237 g/mol. The fourth-order valence-corrected chi connectivity index (χ4v) is 3.56. The van der Waals surface area contributed by atoms with E-state index in [4.69, 9.17) is 0 Å². The highest BCUT2D eigenvalue weighted by atomic mass is 16.2. The fraction of sp³-hybridized carbons (Fsp3) is 0.857. The summed E-state index contributed by atoms with van der Waals surface area (Å²) in [5.41, 5.74) is 0.337. The van der Waals surface area contributed by atoms with Crippen molar-refractivity contribution in [1.29, 1.82) is 0 Å². The molecular weight excluding hydrogens is 214 g/mol. The molecule has 0 aromatic rings. The highest BCUT2D eigenvalue weighted by Crippen LogP contribution is 2.53. The summed E-state index contributed by atoms with van der Waals surface area (Å²) in [6.07, 6.45) is 5.70. The third-order valence-corrected chi connectivity index (χ3v) is 4.84. The molecule has 17 heavy (non-hydrogen) atoms. The largest absolute Gasteiger partial charge is 0.296 e. The van der Waals surface area contributed by atoms with Crippen molar-refractivity contribution < 1.29 is 9.59 Å². The van der Waals surface area contributed by atoms with E-state index in [1.165, 1.54) is 0 Å². The van der Waals surface area contributed by atoms with Crippen LogP contribution in [0.4, 0.5) is 0 Å². The first-order chi connectivity index (χ1) is 7.88. The van der Waals surface area contributed by atoms with Crippen LogP contribution >= 0.6 is 0 Å². The molecule has 1 heterocycles. The van der Waals surface area contributed by atoms with Crippen molar-refractivity contribution in [2.45, 2.75) is 59.3 Å². The molecule has 1 saturated heterocycles. The lowest BCUT2D eigenvalue weighted by molar-refractivity contribution is -0.147. The molecule has 3 nitrogen and oxygen atoms in total. The van der Waals surface area contributed by atoms with Crippen LogP contribution in [-0.2, 0) is 9.59 Å². The molecule has 0 radical (unpaired) electrons. The number of imide groups is 1. The Morgan fingerprint density at radius 2 is 1.76 bits per heavy atom. The van der Waals surface area contributed by atoms with Crippen LogP contribution in [0.15, 0.2) is 0 Å². The van der Waals surface area contributed by atoms with E-state index in [0.29, 0.717) is 11.8 Å². The molecule has 1 atom stereocenters. The Morgan fingerprint density at radius 3 is 2.29 bits per heavy atom. The number of nitrogens with one attached hydrogen (secondary N) is 1. The van der Waals surface area contributed by atoms with Gasteiger partial charge in [0.05, 0.1) is 0 Å². The average Bonchev–Trinajstić information content (AvgIpc) is 2.22. The lowest BCUT2D eigenvalue weighted by Gasteiger charge is -2.49. The lowest BCUT2D eigenvalue weighted by Crippen LogP contribution is -2.53. The summed E-state index contributed by atoms with van der Waals surface area (Å²) in [6.45, 7) is 6.62. The Bertz CT molecular complexity index is 336. The molecule has 1 N–H and O–H groups in total. The maximum absolute atomic E-state index is 11.9. The topological polar surface area (TPSA) is 46.2 Å². The predicted octanol–water partition coefficient (Wildman–Crippen LogP) is 2.65. The van der Waals surface area contributed by atoms with E-state index in [-0.39, 0.29) is 23.1 Å². The highest BCUT2D eigenvalue weighted by Gasteiger charge is 2.49. The summed E-state index contributed by atoms with van der Waals surface area (Å²) in [5.74, 6) is -0.0702. The van der Waals surface area contributed by atoms with E-state index >= 15 is 0 Å². The standard InChI is InChI=1S/C14H23NO2/c1-4-10-12(17)15-11(16)9-14(10)7-5-13(2,3)6-8-14/h10H,4-9H2,1-3H3,(H,15,16,17). The SMILES string of the molecule is CCC1C(=O)NC(=O)CC12CCC(C)(C)CC2. The smallest absolute Gasteiger partial charge is 0.230 e. The molecule has 0 aromatic carbocycles. The maximum atomic E-state index is 11.9. The molecule has 2 fully saturated rings. The normalized spacial score (nSPS) is 31.4. The molecule has 96 valence electrons. The van der Waals surface area contributed by atoms with Crippen LogP contribution in [0.5, 0.6) is 0 Å². The number of carbonyl (C=O) groups excluding carboxylic acids is 2. The first kappa shape index (κ1) is 12.6. The van der Waals surface area contributed by atoms with Crippen LogP contribution < -0.4 is 5.32 Å². The summed E-state index contributed by atoms with van der Waals surface area (Å²) in [6, 6.07) is 0. The van der Waals surface area contributed by atoms with E-state index in [2.05, 4.69) is 26.1 Å².